The number of carboxylic acid groups (broad SMARTS) is 1. The predicted molar refractivity (Wildman–Crippen MR) is 80.8 cm³/mol. The number of carboxylic acids is 1. The topological polar surface area (TPSA) is 46.5 Å². The highest BCUT2D eigenvalue weighted by Gasteiger charge is 2.48. The number of thiophene rings is 1. The van der Waals surface area contributed by atoms with E-state index in [0.717, 1.165) is 6.08 Å². The van der Waals surface area contributed by atoms with Crippen molar-refractivity contribution < 1.29 is 27.8 Å². The molecule has 1 aromatic carbocycles. The van der Waals surface area contributed by atoms with Crippen molar-refractivity contribution in [3.8, 4) is 16.9 Å². The van der Waals surface area contributed by atoms with Gasteiger partial charge in [0.25, 0.3) is 0 Å². The van der Waals surface area contributed by atoms with Crippen molar-refractivity contribution in [3.63, 3.8) is 0 Å². The lowest BCUT2D eigenvalue weighted by Gasteiger charge is -2.28. The minimum Gasteiger partial charge on any atom is -0.478 e. The summed E-state index contributed by atoms with van der Waals surface area (Å²) in [6, 6.07) is 4.48. The van der Waals surface area contributed by atoms with Crippen molar-refractivity contribution in [2.75, 3.05) is 0 Å². The van der Waals surface area contributed by atoms with Crippen molar-refractivity contribution >= 4 is 35.0 Å². The molecule has 0 radical (unpaired) electrons. The molecule has 120 valence electrons. The smallest absolute Gasteiger partial charge is 0.430 e. The van der Waals surface area contributed by atoms with Gasteiger partial charge in [-0.2, -0.15) is 24.5 Å². The zero-order valence-corrected chi connectivity index (χ0v) is 12.8. The molecule has 1 atom stereocenters. The fourth-order valence-electron chi connectivity index (χ4n) is 2.36. The van der Waals surface area contributed by atoms with Gasteiger partial charge in [0.05, 0.1) is 5.57 Å². The SMILES string of the molecule is O=C(O)C1=Cc2c(ccc(Cl)c2-c2ccsc2)OC1C(F)(F)F. The van der Waals surface area contributed by atoms with E-state index in [1.165, 1.54) is 23.5 Å². The van der Waals surface area contributed by atoms with Crippen LogP contribution in [0.5, 0.6) is 5.75 Å². The van der Waals surface area contributed by atoms with E-state index in [1.807, 2.05) is 0 Å². The Morgan fingerprint density at radius 1 is 1.30 bits per heavy atom. The van der Waals surface area contributed by atoms with Crippen LogP contribution in [0.15, 0.2) is 34.5 Å². The predicted octanol–water partition coefficient (Wildman–Crippen LogP) is 4.86. The van der Waals surface area contributed by atoms with Crippen LogP contribution in [0.4, 0.5) is 13.2 Å². The van der Waals surface area contributed by atoms with Gasteiger partial charge in [-0.3, -0.25) is 0 Å². The molecule has 23 heavy (non-hydrogen) atoms. The number of ether oxygens (including phenoxy) is 1. The second kappa shape index (κ2) is 5.58. The van der Waals surface area contributed by atoms with E-state index in [-0.39, 0.29) is 11.3 Å². The first kappa shape index (κ1) is 15.9. The van der Waals surface area contributed by atoms with Crippen molar-refractivity contribution in [1.82, 2.24) is 0 Å². The summed E-state index contributed by atoms with van der Waals surface area (Å²) in [4.78, 5) is 11.2. The third-order valence-corrected chi connectivity index (χ3v) is 4.33. The summed E-state index contributed by atoms with van der Waals surface area (Å²) in [7, 11) is 0. The third kappa shape index (κ3) is 2.82. The molecule has 1 aromatic heterocycles. The maximum atomic E-state index is 13.0. The second-order valence-electron chi connectivity index (χ2n) is 4.79. The largest absolute Gasteiger partial charge is 0.478 e. The van der Waals surface area contributed by atoms with Crippen molar-refractivity contribution in [3.05, 3.63) is 45.1 Å². The number of fused-ring (bicyclic) bond motifs is 1. The first-order valence-corrected chi connectivity index (χ1v) is 7.64. The van der Waals surface area contributed by atoms with E-state index in [1.54, 1.807) is 16.8 Å². The lowest BCUT2D eigenvalue weighted by molar-refractivity contribution is -0.187. The van der Waals surface area contributed by atoms with Crippen molar-refractivity contribution in [2.45, 2.75) is 12.3 Å². The minimum absolute atomic E-state index is 0.0528. The van der Waals surface area contributed by atoms with E-state index in [9.17, 15) is 18.0 Å². The number of halogens is 4. The fourth-order valence-corrected chi connectivity index (χ4v) is 3.28. The van der Waals surface area contributed by atoms with E-state index in [4.69, 9.17) is 21.4 Å². The van der Waals surface area contributed by atoms with Gasteiger partial charge < -0.3 is 9.84 Å². The molecule has 2 heterocycles. The second-order valence-corrected chi connectivity index (χ2v) is 5.98. The average Bonchev–Trinajstić information content (AvgIpc) is 2.98. The van der Waals surface area contributed by atoms with Crippen molar-refractivity contribution in [1.29, 1.82) is 0 Å². The molecule has 3 rings (SSSR count). The molecule has 1 unspecified atom stereocenters. The molecular weight excluding hydrogens is 353 g/mol. The van der Waals surface area contributed by atoms with Gasteiger partial charge in [-0.15, -0.1) is 0 Å². The van der Waals surface area contributed by atoms with Gasteiger partial charge in [-0.05, 0) is 40.6 Å². The lowest BCUT2D eigenvalue weighted by Crippen LogP contribution is -2.40. The molecule has 0 saturated heterocycles. The summed E-state index contributed by atoms with van der Waals surface area (Å²) in [5.74, 6) is -1.74. The first-order chi connectivity index (χ1) is 10.8. The molecule has 0 fully saturated rings. The Kier molecular flexibility index (Phi) is 3.85. The van der Waals surface area contributed by atoms with E-state index in [2.05, 4.69) is 0 Å². The number of benzene rings is 1. The molecule has 0 amide bonds. The molecule has 1 aliphatic rings. The zero-order valence-electron chi connectivity index (χ0n) is 11.2. The van der Waals surface area contributed by atoms with Gasteiger partial charge in [0, 0.05) is 16.1 Å². The van der Waals surface area contributed by atoms with Crippen LogP contribution in [0.1, 0.15) is 5.56 Å². The fraction of sp³-hybridized carbons (Fsp3) is 0.133. The molecule has 0 saturated carbocycles. The number of aliphatic carboxylic acids is 1. The standard InChI is InChI=1S/C15H8ClF3O3S/c16-10-1-2-11-8(12(10)7-3-4-23-6-7)5-9(14(20)21)13(22-11)15(17,18)19/h1-6,13H,(H,20,21). The maximum absolute atomic E-state index is 13.0. The summed E-state index contributed by atoms with van der Waals surface area (Å²) < 4.78 is 44.1. The Morgan fingerprint density at radius 2 is 2.04 bits per heavy atom. The normalized spacial score (nSPS) is 17.2. The number of alkyl halides is 3. The zero-order chi connectivity index (χ0) is 16.8. The Bertz CT molecular complexity index is 797. The quantitative estimate of drug-likeness (QED) is 0.832. The summed E-state index contributed by atoms with van der Waals surface area (Å²) in [6.45, 7) is 0. The Hall–Kier alpha value is -1.99. The number of hydrogen-bond acceptors (Lipinski definition) is 3. The van der Waals surface area contributed by atoms with Crippen LogP contribution >= 0.6 is 22.9 Å². The van der Waals surface area contributed by atoms with Crippen LogP contribution in [0.2, 0.25) is 5.02 Å². The molecule has 0 aliphatic carbocycles. The molecule has 1 aliphatic heterocycles. The third-order valence-electron chi connectivity index (χ3n) is 3.34. The highest BCUT2D eigenvalue weighted by Crippen LogP contribution is 2.44. The van der Waals surface area contributed by atoms with E-state index >= 15 is 0 Å². The maximum Gasteiger partial charge on any atom is 0.430 e. The van der Waals surface area contributed by atoms with Crippen LogP contribution in [0.3, 0.4) is 0 Å². The Balaban J connectivity index is 2.24. The highest BCUT2D eigenvalue weighted by atomic mass is 35.5. The van der Waals surface area contributed by atoms with Crippen LogP contribution in [-0.4, -0.2) is 23.4 Å². The number of hydrogen-bond donors (Lipinski definition) is 1. The highest BCUT2D eigenvalue weighted by molar-refractivity contribution is 7.08. The van der Waals surface area contributed by atoms with Gasteiger partial charge >= 0.3 is 12.1 Å². The van der Waals surface area contributed by atoms with E-state index < -0.39 is 23.8 Å². The summed E-state index contributed by atoms with van der Waals surface area (Å²) in [6.07, 6.45) is -6.36. The van der Waals surface area contributed by atoms with E-state index in [0.29, 0.717) is 16.1 Å². The summed E-state index contributed by atoms with van der Waals surface area (Å²) >= 11 is 7.55. The van der Waals surface area contributed by atoms with Gasteiger partial charge in [-0.25, -0.2) is 4.79 Å². The Labute approximate surface area is 137 Å². The monoisotopic (exact) mass is 360 g/mol. The number of rotatable bonds is 2. The summed E-state index contributed by atoms with van der Waals surface area (Å²) in [5.41, 5.74) is 0.495. The average molecular weight is 361 g/mol. The molecular formula is C15H8ClF3O3S. The first-order valence-electron chi connectivity index (χ1n) is 6.32. The number of carbonyl (C=O) groups is 1. The molecule has 8 heteroatoms. The molecule has 2 aromatic rings. The minimum atomic E-state index is -4.83. The van der Waals surface area contributed by atoms with Crippen LogP contribution in [-0.2, 0) is 4.79 Å². The van der Waals surface area contributed by atoms with Crippen LogP contribution in [0.25, 0.3) is 17.2 Å². The van der Waals surface area contributed by atoms with Gasteiger partial charge in [0.1, 0.15) is 5.75 Å². The van der Waals surface area contributed by atoms with Crippen molar-refractivity contribution in [2.24, 2.45) is 0 Å². The molecule has 0 bridgehead atoms. The lowest BCUT2D eigenvalue weighted by atomic mass is 9.95. The Morgan fingerprint density at radius 3 is 2.61 bits per heavy atom. The van der Waals surface area contributed by atoms with Crippen LogP contribution < -0.4 is 4.74 Å². The van der Waals surface area contributed by atoms with Gasteiger partial charge in [0.2, 0.25) is 6.10 Å². The van der Waals surface area contributed by atoms with Gasteiger partial charge in [0.15, 0.2) is 0 Å². The summed E-state index contributed by atoms with van der Waals surface area (Å²) in [5, 5.41) is 13.0. The van der Waals surface area contributed by atoms with Crippen LogP contribution in [0, 0.1) is 0 Å². The van der Waals surface area contributed by atoms with Gasteiger partial charge in [-0.1, -0.05) is 11.6 Å². The molecule has 3 nitrogen and oxygen atoms in total. The molecule has 1 N–H and O–H groups in total. The molecule has 0 spiro atoms.